The Morgan fingerprint density at radius 3 is 2.60 bits per heavy atom. The zero-order chi connectivity index (χ0) is 21.1. The number of aromatic nitrogens is 3. The summed E-state index contributed by atoms with van der Waals surface area (Å²) in [6, 6.07) is 6.89. The van der Waals surface area contributed by atoms with Crippen LogP contribution in [0.15, 0.2) is 53.8 Å². The summed E-state index contributed by atoms with van der Waals surface area (Å²) < 4.78 is 47.3. The topological polar surface area (TPSA) is 52.3 Å². The first-order valence-electron chi connectivity index (χ1n) is 9.93. The fourth-order valence-electron chi connectivity index (χ4n) is 3.87. The van der Waals surface area contributed by atoms with Gasteiger partial charge in [-0.05, 0) is 31.0 Å². The lowest BCUT2D eigenvalue weighted by Gasteiger charge is -2.32. The van der Waals surface area contributed by atoms with Gasteiger partial charge in [0.15, 0.2) is 0 Å². The second kappa shape index (κ2) is 8.51. The number of nitrogens with zero attached hydrogens (tertiary/aromatic N) is 4. The lowest BCUT2D eigenvalue weighted by Crippen LogP contribution is -2.40. The Morgan fingerprint density at radius 1 is 1.07 bits per heavy atom. The summed E-state index contributed by atoms with van der Waals surface area (Å²) >= 11 is 0. The molecule has 160 valence electrons. The fraction of sp³-hybridized carbons (Fsp3) is 0.429. The van der Waals surface area contributed by atoms with Gasteiger partial charge < -0.3 is 18.8 Å². The summed E-state index contributed by atoms with van der Waals surface area (Å²) in [7, 11) is 0. The Balaban J connectivity index is 1.34. The summed E-state index contributed by atoms with van der Waals surface area (Å²) in [4.78, 5) is 17.8. The largest absolute Gasteiger partial charge is 0.490 e. The van der Waals surface area contributed by atoms with E-state index in [0.717, 1.165) is 32.5 Å². The van der Waals surface area contributed by atoms with E-state index in [9.17, 15) is 18.0 Å². The normalized spacial score (nSPS) is 16.2. The standard InChI is InChI=1S/C21H23F3N4O2/c22-21(23,24)15-28-10-6-17-18(28)2-1-3-19(17)30-16-4-8-26(9-5-16)12-13-27-11-7-25-14-20(27)29/h1-3,6-7,10-11,14,16H,4-5,8-9,12-13,15H2. The molecule has 30 heavy (non-hydrogen) atoms. The first-order valence-corrected chi connectivity index (χ1v) is 9.93. The van der Waals surface area contributed by atoms with Gasteiger partial charge in [-0.1, -0.05) is 6.07 Å². The molecule has 0 saturated carbocycles. The molecule has 0 amide bonds. The lowest BCUT2D eigenvalue weighted by molar-refractivity contribution is -0.139. The maximum atomic E-state index is 12.8. The first kappa shape index (κ1) is 20.5. The van der Waals surface area contributed by atoms with Gasteiger partial charge in [-0.2, -0.15) is 13.2 Å². The molecule has 1 aliphatic rings. The predicted molar refractivity (Wildman–Crippen MR) is 107 cm³/mol. The number of hydrogen-bond donors (Lipinski definition) is 0. The minimum atomic E-state index is -4.27. The summed E-state index contributed by atoms with van der Waals surface area (Å²) in [5.41, 5.74) is 0.409. The highest BCUT2D eigenvalue weighted by Gasteiger charge is 2.28. The molecule has 0 atom stereocenters. The van der Waals surface area contributed by atoms with E-state index in [0.29, 0.717) is 23.2 Å². The van der Waals surface area contributed by atoms with Crippen molar-refractivity contribution in [2.24, 2.45) is 0 Å². The number of rotatable bonds is 6. The van der Waals surface area contributed by atoms with Gasteiger partial charge in [-0.25, -0.2) is 0 Å². The van der Waals surface area contributed by atoms with Crippen LogP contribution in [-0.2, 0) is 13.1 Å². The zero-order valence-electron chi connectivity index (χ0n) is 16.4. The average molecular weight is 420 g/mol. The van der Waals surface area contributed by atoms with E-state index < -0.39 is 12.7 Å². The Hall–Kier alpha value is -2.81. The molecule has 0 aliphatic carbocycles. The van der Waals surface area contributed by atoms with E-state index in [1.54, 1.807) is 35.2 Å². The highest BCUT2D eigenvalue weighted by Crippen LogP contribution is 2.30. The third kappa shape index (κ3) is 4.84. The SMILES string of the molecule is O=c1cnccn1CCN1CCC(Oc2cccc3c2ccn3CC(F)(F)F)CC1. The van der Waals surface area contributed by atoms with Gasteiger partial charge in [0.05, 0.1) is 11.7 Å². The molecule has 0 spiro atoms. The Morgan fingerprint density at radius 2 is 1.87 bits per heavy atom. The van der Waals surface area contributed by atoms with Crippen molar-refractivity contribution in [2.75, 3.05) is 19.6 Å². The minimum Gasteiger partial charge on any atom is -0.490 e. The van der Waals surface area contributed by atoms with Crippen LogP contribution < -0.4 is 10.3 Å². The van der Waals surface area contributed by atoms with Crippen molar-refractivity contribution in [3.63, 3.8) is 0 Å². The number of likely N-dealkylation sites (tertiary alicyclic amines) is 1. The van der Waals surface area contributed by atoms with E-state index in [-0.39, 0.29) is 11.7 Å². The number of piperidine rings is 1. The lowest BCUT2D eigenvalue weighted by atomic mass is 10.1. The molecule has 1 saturated heterocycles. The third-order valence-electron chi connectivity index (χ3n) is 5.41. The molecule has 0 bridgehead atoms. The molecule has 3 heterocycles. The predicted octanol–water partition coefficient (Wildman–Crippen LogP) is 3.30. The second-order valence-electron chi connectivity index (χ2n) is 7.51. The minimum absolute atomic E-state index is 0.0152. The summed E-state index contributed by atoms with van der Waals surface area (Å²) in [6.45, 7) is 2.05. The molecule has 1 aromatic carbocycles. The van der Waals surface area contributed by atoms with E-state index in [1.807, 2.05) is 6.07 Å². The molecule has 0 N–H and O–H groups in total. The van der Waals surface area contributed by atoms with Crippen molar-refractivity contribution in [1.82, 2.24) is 19.0 Å². The number of fused-ring (bicyclic) bond motifs is 1. The summed E-state index contributed by atoms with van der Waals surface area (Å²) in [5, 5.41) is 0.696. The molecule has 6 nitrogen and oxygen atoms in total. The van der Waals surface area contributed by atoms with Crippen LogP contribution in [0.5, 0.6) is 5.75 Å². The van der Waals surface area contributed by atoms with E-state index in [4.69, 9.17) is 4.74 Å². The van der Waals surface area contributed by atoms with E-state index in [1.165, 1.54) is 17.0 Å². The highest BCUT2D eigenvalue weighted by atomic mass is 19.4. The second-order valence-corrected chi connectivity index (χ2v) is 7.51. The number of alkyl halides is 3. The van der Waals surface area contributed by atoms with Crippen LogP contribution >= 0.6 is 0 Å². The number of halogens is 3. The number of hydrogen-bond acceptors (Lipinski definition) is 4. The fourth-order valence-corrected chi connectivity index (χ4v) is 3.87. The Kier molecular flexibility index (Phi) is 5.80. The van der Waals surface area contributed by atoms with Gasteiger partial charge in [-0.3, -0.25) is 9.78 Å². The number of benzene rings is 1. The van der Waals surface area contributed by atoms with Crippen molar-refractivity contribution in [3.8, 4) is 5.75 Å². The van der Waals surface area contributed by atoms with Crippen LogP contribution in [0.4, 0.5) is 13.2 Å². The smallest absolute Gasteiger partial charge is 0.406 e. The highest BCUT2D eigenvalue weighted by molar-refractivity contribution is 5.86. The van der Waals surface area contributed by atoms with Crippen LogP contribution in [0, 0.1) is 0 Å². The van der Waals surface area contributed by atoms with Crippen molar-refractivity contribution < 1.29 is 17.9 Å². The molecule has 0 unspecified atom stereocenters. The summed E-state index contributed by atoms with van der Waals surface area (Å²) in [6.07, 6.45) is 3.44. The Labute approximate surface area is 171 Å². The van der Waals surface area contributed by atoms with Crippen molar-refractivity contribution in [1.29, 1.82) is 0 Å². The van der Waals surface area contributed by atoms with E-state index >= 15 is 0 Å². The number of ether oxygens (including phenoxy) is 1. The third-order valence-corrected chi connectivity index (χ3v) is 5.41. The molecule has 1 fully saturated rings. The van der Waals surface area contributed by atoms with Crippen molar-refractivity contribution in [3.05, 3.63) is 59.4 Å². The van der Waals surface area contributed by atoms with Crippen LogP contribution in [0.3, 0.4) is 0 Å². The summed E-state index contributed by atoms with van der Waals surface area (Å²) in [5.74, 6) is 0.621. The molecule has 4 rings (SSSR count). The van der Waals surface area contributed by atoms with Crippen LogP contribution in [-0.4, -0.2) is 50.9 Å². The monoisotopic (exact) mass is 420 g/mol. The van der Waals surface area contributed by atoms with E-state index in [2.05, 4.69) is 9.88 Å². The van der Waals surface area contributed by atoms with Crippen LogP contribution in [0.2, 0.25) is 0 Å². The van der Waals surface area contributed by atoms with Gasteiger partial charge >= 0.3 is 6.18 Å². The maximum absolute atomic E-state index is 12.8. The van der Waals surface area contributed by atoms with Gasteiger partial charge in [0.25, 0.3) is 5.56 Å². The maximum Gasteiger partial charge on any atom is 0.406 e. The molecule has 9 heteroatoms. The molecular weight excluding hydrogens is 397 g/mol. The van der Waals surface area contributed by atoms with Crippen molar-refractivity contribution in [2.45, 2.75) is 38.2 Å². The average Bonchev–Trinajstić information content (AvgIpc) is 3.11. The molecule has 3 aromatic rings. The van der Waals surface area contributed by atoms with Crippen molar-refractivity contribution >= 4 is 10.9 Å². The molecule has 2 aromatic heterocycles. The van der Waals surface area contributed by atoms with Gasteiger partial charge in [0.1, 0.15) is 18.4 Å². The van der Waals surface area contributed by atoms with Gasteiger partial charge in [0, 0.05) is 50.2 Å². The molecular formula is C21H23F3N4O2. The van der Waals surface area contributed by atoms with Gasteiger partial charge in [-0.15, -0.1) is 0 Å². The first-order chi connectivity index (χ1) is 14.4. The quantitative estimate of drug-likeness (QED) is 0.614. The Bertz CT molecular complexity index is 1050. The zero-order valence-corrected chi connectivity index (χ0v) is 16.4. The van der Waals surface area contributed by atoms with Gasteiger partial charge in [0.2, 0.25) is 0 Å². The van der Waals surface area contributed by atoms with Crippen LogP contribution in [0.1, 0.15) is 12.8 Å². The van der Waals surface area contributed by atoms with Crippen LogP contribution in [0.25, 0.3) is 10.9 Å². The molecule has 0 radical (unpaired) electrons. The molecule has 1 aliphatic heterocycles.